The fourth-order valence-corrected chi connectivity index (χ4v) is 3.29. The maximum Gasteiger partial charge on any atom is 0.195 e. The molecule has 2 aromatic rings. The van der Waals surface area contributed by atoms with Crippen molar-refractivity contribution in [3.05, 3.63) is 99.5 Å². The minimum absolute atomic E-state index is 0.0896. The normalized spacial score (nSPS) is 13.2. The van der Waals surface area contributed by atoms with Gasteiger partial charge in [0, 0.05) is 33.0 Å². The van der Waals surface area contributed by atoms with Gasteiger partial charge < -0.3 is 4.72 Å². The van der Waals surface area contributed by atoms with Crippen LogP contribution in [-0.2, 0) is 0 Å². The lowest BCUT2D eigenvalue weighted by Gasteiger charge is -2.11. The van der Waals surface area contributed by atoms with Crippen molar-refractivity contribution in [1.82, 2.24) is 0 Å². The number of nitriles is 1. The van der Waals surface area contributed by atoms with Crippen LogP contribution in [-0.4, -0.2) is 5.78 Å². The number of nitrogens with one attached hydrogen (secondary N) is 1. The van der Waals surface area contributed by atoms with E-state index in [1.54, 1.807) is 30.3 Å². The smallest absolute Gasteiger partial charge is 0.195 e. The molecule has 0 saturated carbocycles. The molecule has 2 aromatic carbocycles. The number of hydrogen-bond acceptors (Lipinski definition) is 4. The fraction of sp³-hybridized carbons (Fsp3) is 0.0476. The van der Waals surface area contributed by atoms with E-state index in [9.17, 15) is 4.79 Å². The molecular formula is C21H15ClN2OS. The van der Waals surface area contributed by atoms with Crippen molar-refractivity contribution in [3.8, 4) is 6.07 Å². The SMILES string of the molecule is N#CC1=CC=C(SNc2ccc(Cl)cc2C(=O)c2ccccc2)C=CC1. The van der Waals surface area contributed by atoms with E-state index in [2.05, 4.69) is 10.8 Å². The molecule has 0 unspecified atom stereocenters. The predicted molar refractivity (Wildman–Crippen MR) is 108 cm³/mol. The Morgan fingerprint density at radius 3 is 2.73 bits per heavy atom. The summed E-state index contributed by atoms with van der Waals surface area (Å²) in [6.07, 6.45) is 8.21. The lowest BCUT2D eigenvalue weighted by Crippen LogP contribution is -2.04. The number of rotatable bonds is 5. The van der Waals surface area contributed by atoms with Gasteiger partial charge in [-0.2, -0.15) is 5.26 Å². The highest BCUT2D eigenvalue weighted by Gasteiger charge is 2.14. The zero-order valence-corrected chi connectivity index (χ0v) is 15.3. The van der Waals surface area contributed by atoms with Crippen molar-refractivity contribution < 1.29 is 4.79 Å². The second-order valence-corrected chi connectivity index (χ2v) is 6.88. The number of carbonyl (C=O) groups excluding carboxylic acids is 1. The molecule has 26 heavy (non-hydrogen) atoms. The van der Waals surface area contributed by atoms with Crippen molar-refractivity contribution in [1.29, 1.82) is 5.26 Å². The Kier molecular flexibility index (Phi) is 5.96. The van der Waals surface area contributed by atoms with Crippen molar-refractivity contribution in [3.63, 3.8) is 0 Å². The summed E-state index contributed by atoms with van der Waals surface area (Å²) in [6.45, 7) is 0. The lowest BCUT2D eigenvalue weighted by molar-refractivity contribution is 0.103. The average Bonchev–Trinajstić information content (AvgIpc) is 2.92. The van der Waals surface area contributed by atoms with E-state index < -0.39 is 0 Å². The molecule has 1 aliphatic rings. The van der Waals surface area contributed by atoms with E-state index in [-0.39, 0.29) is 5.78 Å². The Hall–Kier alpha value is -2.74. The molecule has 0 aliphatic heterocycles. The molecule has 0 bridgehead atoms. The number of hydrogen-bond donors (Lipinski definition) is 1. The first kappa shape index (κ1) is 18.1. The summed E-state index contributed by atoms with van der Waals surface area (Å²) < 4.78 is 3.23. The second kappa shape index (κ2) is 8.57. The van der Waals surface area contributed by atoms with Crippen LogP contribution in [0, 0.1) is 11.3 Å². The largest absolute Gasteiger partial charge is 0.325 e. The molecule has 0 heterocycles. The maximum absolute atomic E-state index is 12.8. The van der Waals surface area contributed by atoms with Crippen LogP contribution in [0.2, 0.25) is 5.02 Å². The summed E-state index contributed by atoms with van der Waals surface area (Å²) in [5, 5.41) is 9.50. The van der Waals surface area contributed by atoms with E-state index in [0.29, 0.717) is 33.8 Å². The third kappa shape index (κ3) is 4.45. The standard InChI is InChI=1S/C21H15ClN2OS/c22-17-10-12-20(19(13-17)21(25)16-6-2-1-3-7-16)24-26-18-8-4-5-15(14-23)9-11-18/h1-4,6-13,24H,5H2. The molecule has 0 atom stereocenters. The first-order chi connectivity index (χ1) is 12.7. The lowest BCUT2D eigenvalue weighted by atomic mass is 10.0. The van der Waals surface area contributed by atoms with Crippen LogP contribution in [0.5, 0.6) is 0 Å². The fourth-order valence-electron chi connectivity index (χ4n) is 2.41. The molecule has 0 amide bonds. The van der Waals surface area contributed by atoms with Crippen LogP contribution in [0.1, 0.15) is 22.3 Å². The molecule has 3 nitrogen and oxygen atoms in total. The minimum atomic E-state index is -0.0896. The Labute approximate surface area is 161 Å². The minimum Gasteiger partial charge on any atom is -0.325 e. The molecule has 128 valence electrons. The van der Waals surface area contributed by atoms with Crippen molar-refractivity contribution in [2.75, 3.05) is 4.72 Å². The molecule has 0 aromatic heterocycles. The topological polar surface area (TPSA) is 52.9 Å². The summed E-state index contributed by atoms with van der Waals surface area (Å²) in [7, 11) is 0. The Bertz CT molecular complexity index is 956. The van der Waals surface area contributed by atoms with Gasteiger partial charge in [0.1, 0.15) is 0 Å². The summed E-state index contributed by atoms with van der Waals surface area (Å²) in [6, 6.07) is 16.5. The molecule has 1 N–H and O–H groups in total. The average molecular weight is 379 g/mol. The summed E-state index contributed by atoms with van der Waals surface area (Å²) in [5.41, 5.74) is 2.53. The van der Waals surface area contributed by atoms with E-state index in [0.717, 1.165) is 4.91 Å². The van der Waals surface area contributed by atoms with Gasteiger partial charge in [0.15, 0.2) is 5.78 Å². The number of benzene rings is 2. The molecule has 0 saturated heterocycles. The summed E-state index contributed by atoms with van der Waals surface area (Å²) in [4.78, 5) is 13.8. The molecule has 1 aliphatic carbocycles. The first-order valence-electron chi connectivity index (χ1n) is 7.97. The molecule has 3 rings (SSSR count). The van der Waals surface area contributed by atoms with Crippen LogP contribution >= 0.6 is 23.5 Å². The van der Waals surface area contributed by atoms with Gasteiger partial charge in [-0.15, -0.1) is 0 Å². The van der Waals surface area contributed by atoms with Crippen LogP contribution < -0.4 is 4.72 Å². The van der Waals surface area contributed by atoms with Crippen molar-refractivity contribution in [2.45, 2.75) is 6.42 Å². The van der Waals surface area contributed by atoms with Gasteiger partial charge in [-0.1, -0.05) is 54.1 Å². The Morgan fingerprint density at radius 1 is 1.15 bits per heavy atom. The van der Waals surface area contributed by atoms with Gasteiger partial charge in [0.05, 0.1) is 11.8 Å². The quantitative estimate of drug-likeness (QED) is 0.517. The number of ketones is 1. The van der Waals surface area contributed by atoms with Gasteiger partial charge in [0.25, 0.3) is 0 Å². The molecule has 0 spiro atoms. The van der Waals surface area contributed by atoms with Crippen molar-refractivity contribution in [2.24, 2.45) is 0 Å². The van der Waals surface area contributed by atoms with E-state index in [1.165, 1.54) is 11.9 Å². The first-order valence-corrected chi connectivity index (χ1v) is 9.16. The number of nitrogens with zero attached hydrogens (tertiary/aromatic N) is 1. The zero-order chi connectivity index (χ0) is 18.4. The maximum atomic E-state index is 12.8. The van der Waals surface area contributed by atoms with Gasteiger partial charge in [0.2, 0.25) is 0 Å². The van der Waals surface area contributed by atoms with E-state index in [1.807, 2.05) is 42.5 Å². The molecule has 0 radical (unpaired) electrons. The van der Waals surface area contributed by atoms with Gasteiger partial charge in [-0.25, -0.2) is 0 Å². The number of halogens is 1. The number of allylic oxidation sites excluding steroid dienone is 5. The number of anilines is 1. The van der Waals surface area contributed by atoms with Crippen LogP contribution in [0.4, 0.5) is 5.69 Å². The molecule has 5 heteroatoms. The zero-order valence-electron chi connectivity index (χ0n) is 13.8. The number of carbonyl (C=O) groups is 1. The summed E-state index contributed by atoms with van der Waals surface area (Å²) in [5.74, 6) is -0.0896. The Morgan fingerprint density at radius 2 is 1.96 bits per heavy atom. The molecular weight excluding hydrogens is 364 g/mol. The predicted octanol–water partition coefficient (Wildman–Crippen LogP) is 5.92. The van der Waals surface area contributed by atoms with Crippen LogP contribution in [0.15, 0.2) is 83.3 Å². The second-order valence-electron chi connectivity index (χ2n) is 5.57. The third-order valence-corrected chi connectivity index (χ3v) is 4.82. The highest BCUT2D eigenvalue weighted by atomic mass is 35.5. The van der Waals surface area contributed by atoms with Crippen molar-refractivity contribution >= 4 is 35.0 Å². The third-order valence-electron chi connectivity index (χ3n) is 3.75. The summed E-state index contributed by atoms with van der Waals surface area (Å²) >= 11 is 7.49. The highest BCUT2D eigenvalue weighted by Crippen LogP contribution is 2.29. The Balaban J connectivity index is 1.83. The van der Waals surface area contributed by atoms with Gasteiger partial charge in [-0.3, -0.25) is 4.79 Å². The van der Waals surface area contributed by atoms with Crippen LogP contribution in [0.25, 0.3) is 0 Å². The highest BCUT2D eigenvalue weighted by molar-refractivity contribution is 8.04. The van der Waals surface area contributed by atoms with Gasteiger partial charge >= 0.3 is 0 Å². The van der Waals surface area contributed by atoms with Crippen LogP contribution in [0.3, 0.4) is 0 Å². The monoisotopic (exact) mass is 378 g/mol. The van der Waals surface area contributed by atoms with E-state index >= 15 is 0 Å². The molecule has 0 fully saturated rings. The van der Waals surface area contributed by atoms with E-state index in [4.69, 9.17) is 16.9 Å². The van der Waals surface area contributed by atoms with Gasteiger partial charge in [-0.05, 0) is 42.3 Å².